The van der Waals surface area contributed by atoms with Crippen LogP contribution in [0.15, 0.2) is 92.2 Å². The van der Waals surface area contributed by atoms with Gasteiger partial charge in [0, 0.05) is 23.8 Å². The SMILES string of the molecule is COC(=O)C1=C(C)N=c2s/c(=C\c3ccc(-c4cccc([N+](=O)[O-])c4)o3)c(=O)n2[C@H]1c1ccccc1. The van der Waals surface area contributed by atoms with Crippen molar-refractivity contribution in [3.8, 4) is 11.3 Å². The van der Waals surface area contributed by atoms with E-state index in [0.29, 0.717) is 37.7 Å². The van der Waals surface area contributed by atoms with Crippen molar-refractivity contribution in [2.45, 2.75) is 13.0 Å². The molecule has 4 aromatic rings. The number of esters is 1. The predicted molar refractivity (Wildman–Crippen MR) is 133 cm³/mol. The molecule has 0 radical (unpaired) electrons. The van der Waals surface area contributed by atoms with Crippen LogP contribution in [0.2, 0.25) is 0 Å². The van der Waals surface area contributed by atoms with E-state index < -0.39 is 16.9 Å². The Morgan fingerprint density at radius 3 is 2.67 bits per heavy atom. The molecular weight excluding hydrogens is 482 g/mol. The van der Waals surface area contributed by atoms with Crippen molar-refractivity contribution < 1.29 is 18.9 Å². The number of carbonyl (C=O) groups is 1. The summed E-state index contributed by atoms with van der Waals surface area (Å²) >= 11 is 1.18. The lowest BCUT2D eigenvalue weighted by molar-refractivity contribution is -0.384. The summed E-state index contributed by atoms with van der Waals surface area (Å²) in [6.45, 7) is 1.72. The van der Waals surface area contributed by atoms with E-state index in [2.05, 4.69) is 4.99 Å². The van der Waals surface area contributed by atoms with Crippen molar-refractivity contribution in [1.82, 2.24) is 4.57 Å². The van der Waals surface area contributed by atoms with E-state index in [-0.39, 0.29) is 11.2 Å². The van der Waals surface area contributed by atoms with Crippen LogP contribution in [0.5, 0.6) is 0 Å². The number of nitro groups is 1. The van der Waals surface area contributed by atoms with Crippen LogP contribution in [0.25, 0.3) is 17.4 Å². The quantitative estimate of drug-likeness (QED) is 0.234. The lowest BCUT2D eigenvalue weighted by Crippen LogP contribution is -2.39. The summed E-state index contributed by atoms with van der Waals surface area (Å²) in [5.41, 5.74) is 1.72. The molecule has 5 rings (SSSR count). The molecule has 1 aliphatic heterocycles. The Morgan fingerprint density at radius 1 is 1.17 bits per heavy atom. The van der Waals surface area contributed by atoms with Gasteiger partial charge in [-0.15, -0.1) is 0 Å². The number of thiazole rings is 1. The molecule has 1 atom stereocenters. The van der Waals surface area contributed by atoms with Crippen LogP contribution in [-0.2, 0) is 9.53 Å². The molecule has 36 heavy (non-hydrogen) atoms. The van der Waals surface area contributed by atoms with Gasteiger partial charge in [0.1, 0.15) is 11.5 Å². The zero-order valence-corrected chi connectivity index (χ0v) is 20.0. The molecule has 2 aromatic heterocycles. The second-order valence-electron chi connectivity index (χ2n) is 7.99. The maximum Gasteiger partial charge on any atom is 0.338 e. The van der Waals surface area contributed by atoms with E-state index in [1.165, 1.54) is 35.1 Å². The van der Waals surface area contributed by atoms with Crippen molar-refractivity contribution >= 4 is 29.1 Å². The van der Waals surface area contributed by atoms with Gasteiger partial charge in [-0.25, -0.2) is 9.79 Å². The molecule has 0 unspecified atom stereocenters. The number of nitrogens with zero attached hydrogens (tertiary/aromatic N) is 3. The summed E-state index contributed by atoms with van der Waals surface area (Å²) in [5, 5.41) is 11.1. The molecule has 10 heteroatoms. The molecule has 1 aliphatic rings. The van der Waals surface area contributed by atoms with Crippen molar-refractivity contribution in [1.29, 1.82) is 0 Å². The van der Waals surface area contributed by atoms with Crippen LogP contribution in [0.1, 0.15) is 24.3 Å². The summed E-state index contributed by atoms with van der Waals surface area (Å²) in [6, 6.07) is 18.0. The third-order valence-electron chi connectivity index (χ3n) is 5.78. The first kappa shape index (κ1) is 23.2. The Hall–Kier alpha value is -4.57. The molecule has 0 spiro atoms. The van der Waals surface area contributed by atoms with Crippen LogP contribution in [0, 0.1) is 10.1 Å². The van der Waals surface area contributed by atoms with Crippen LogP contribution >= 0.6 is 11.3 Å². The summed E-state index contributed by atoms with van der Waals surface area (Å²) in [5.74, 6) is 0.289. The van der Waals surface area contributed by atoms with Gasteiger partial charge >= 0.3 is 5.97 Å². The van der Waals surface area contributed by atoms with E-state index >= 15 is 0 Å². The van der Waals surface area contributed by atoms with Crippen molar-refractivity contribution in [3.63, 3.8) is 0 Å². The number of furan rings is 1. The van der Waals surface area contributed by atoms with Crippen LogP contribution in [0.3, 0.4) is 0 Å². The van der Waals surface area contributed by atoms with E-state index in [0.717, 1.165) is 5.56 Å². The Kier molecular flexibility index (Phi) is 5.95. The highest BCUT2D eigenvalue weighted by atomic mass is 32.1. The molecule has 0 aliphatic carbocycles. The monoisotopic (exact) mass is 501 g/mol. The molecule has 2 aromatic carbocycles. The van der Waals surface area contributed by atoms with Gasteiger partial charge in [-0.1, -0.05) is 53.8 Å². The smallest absolute Gasteiger partial charge is 0.338 e. The third kappa shape index (κ3) is 4.07. The van der Waals surface area contributed by atoms with Crippen LogP contribution in [0.4, 0.5) is 5.69 Å². The third-order valence-corrected chi connectivity index (χ3v) is 6.77. The fraction of sp³-hybridized carbons (Fsp3) is 0.115. The number of rotatable bonds is 5. The highest BCUT2D eigenvalue weighted by Gasteiger charge is 2.32. The highest BCUT2D eigenvalue weighted by Crippen LogP contribution is 2.30. The maximum absolute atomic E-state index is 13.6. The minimum Gasteiger partial charge on any atom is -0.466 e. The highest BCUT2D eigenvalue weighted by molar-refractivity contribution is 7.07. The number of hydrogen-bond donors (Lipinski definition) is 0. The first-order chi connectivity index (χ1) is 17.4. The van der Waals surface area contributed by atoms with E-state index in [9.17, 15) is 19.7 Å². The fourth-order valence-electron chi connectivity index (χ4n) is 4.13. The van der Waals surface area contributed by atoms with E-state index in [1.807, 2.05) is 30.3 Å². The topological polar surface area (TPSA) is 117 Å². The summed E-state index contributed by atoms with van der Waals surface area (Å²) in [6.07, 6.45) is 1.60. The molecule has 0 N–H and O–H groups in total. The molecule has 0 saturated heterocycles. The normalized spacial score (nSPS) is 15.4. The summed E-state index contributed by atoms with van der Waals surface area (Å²) in [4.78, 5) is 41.8. The Balaban J connectivity index is 1.62. The molecule has 0 saturated carbocycles. The van der Waals surface area contributed by atoms with Crippen molar-refractivity contribution in [3.05, 3.63) is 119 Å². The van der Waals surface area contributed by atoms with Crippen molar-refractivity contribution in [2.75, 3.05) is 7.11 Å². The number of fused-ring (bicyclic) bond motifs is 1. The molecular formula is C26H19N3O6S. The molecule has 0 bridgehead atoms. The number of hydrogen-bond acceptors (Lipinski definition) is 8. The average molecular weight is 502 g/mol. The number of allylic oxidation sites excluding steroid dienone is 1. The molecule has 180 valence electrons. The van der Waals surface area contributed by atoms with Gasteiger partial charge in [-0.3, -0.25) is 19.5 Å². The zero-order chi connectivity index (χ0) is 25.4. The minimum absolute atomic E-state index is 0.0450. The van der Waals surface area contributed by atoms with Gasteiger partial charge < -0.3 is 9.15 Å². The fourth-order valence-corrected chi connectivity index (χ4v) is 5.16. The summed E-state index contributed by atoms with van der Waals surface area (Å²) in [7, 11) is 1.30. The minimum atomic E-state index is -0.686. The lowest BCUT2D eigenvalue weighted by Gasteiger charge is -2.24. The number of aromatic nitrogens is 1. The Labute approximate surface area is 208 Å². The van der Waals surface area contributed by atoms with Gasteiger partial charge in [0.15, 0.2) is 4.80 Å². The number of non-ortho nitro benzene ring substituents is 1. The van der Waals surface area contributed by atoms with Gasteiger partial charge in [-0.2, -0.15) is 0 Å². The van der Waals surface area contributed by atoms with Gasteiger partial charge in [0.2, 0.25) is 0 Å². The zero-order valence-electron chi connectivity index (χ0n) is 19.2. The molecule has 0 fully saturated rings. The number of nitro benzene ring substituents is 1. The predicted octanol–water partition coefficient (Wildman–Crippen LogP) is 3.58. The number of methoxy groups -OCH3 is 1. The Morgan fingerprint density at radius 2 is 1.94 bits per heavy atom. The van der Waals surface area contributed by atoms with E-state index in [4.69, 9.17) is 9.15 Å². The van der Waals surface area contributed by atoms with Crippen LogP contribution in [-0.4, -0.2) is 22.6 Å². The largest absolute Gasteiger partial charge is 0.466 e. The van der Waals surface area contributed by atoms with Gasteiger partial charge in [0.05, 0.1) is 33.9 Å². The second-order valence-corrected chi connectivity index (χ2v) is 9.00. The maximum atomic E-state index is 13.6. The van der Waals surface area contributed by atoms with Crippen molar-refractivity contribution in [2.24, 2.45) is 4.99 Å². The second kappa shape index (κ2) is 9.23. The lowest BCUT2D eigenvalue weighted by atomic mass is 9.96. The van der Waals surface area contributed by atoms with Gasteiger partial charge in [0.25, 0.3) is 11.2 Å². The number of carbonyl (C=O) groups excluding carboxylic acids is 1. The average Bonchev–Trinajstić information content (AvgIpc) is 3.48. The first-order valence-corrected chi connectivity index (χ1v) is 11.7. The standard InChI is InChI=1S/C26H19N3O6S/c1-15-22(25(31)34-2)23(16-7-4-3-5-8-16)28-24(30)21(36-26(28)27-15)14-19-11-12-20(35-19)17-9-6-10-18(13-17)29(32)33/h3-14,23H,1-2H3/b21-14-/t23-/m0/s1. The number of benzene rings is 2. The molecule has 0 amide bonds. The molecule has 3 heterocycles. The first-order valence-electron chi connectivity index (χ1n) is 10.9. The van der Waals surface area contributed by atoms with Crippen LogP contribution < -0.4 is 14.9 Å². The molecule has 9 nitrogen and oxygen atoms in total. The van der Waals surface area contributed by atoms with E-state index in [1.54, 1.807) is 37.3 Å². The Bertz CT molecular complexity index is 1710. The number of ether oxygens (including phenoxy) is 1. The summed E-state index contributed by atoms with van der Waals surface area (Å²) < 4.78 is 12.7. The van der Waals surface area contributed by atoms with Gasteiger partial charge in [-0.05, 0) is 24.6 Å².